The van der Waals surface area contributed by atoms with Crippen molar-refractivity contribution in [2.24, 2.45) is 5.92 Å². The van der Waals surface area contributed by atoms with Crippen molar-refractivity contribution >= 4 is 11.6 Å². The topological polar surface area (TPSA) is 50.7 Å². The third kappa shape index (κ3) is 4.54. The predicted octanol–water partition coefficient (Wildman–Crippen LogP) is 2.85. The van der Waals surface area contributed by atoms with Gasteiger partial charge in [0.1, 0.15) is 0 Å². The summed E-state index contributed by atoms with van der Waals surface area (Å²) in [6.07, 6.45) is 0.626. The molecule has 5 heteroatoms. The Morgan fingerprint density at radius 2 is 2.00 bits per heavy atom. The van der Waals surface area contributed by atoms with Crippen LogP contribution in [0.1, 0.15) is 25.8 Å². The van der Waals surface area contributed by atoms with Crippen molar-refractivity contribution in [1.82, 2.24) is 5.32 Å². The highest BCUT2D eigenvalue weighted by Crippen LogP contribution is 2.35. The average Bonchev–Trinajstić information content (AvgIpc) is 2.45. The minimum Gasteiger partial charge on any atom is -0.493 e. The highest BCUT2D eigenvalue weighted by atomic mass is 35.5. The van der Waals surface area contributed by atoms with Crippen LogP contribution >= 0.6 is 11.6 Å². The van der Waals surface area contributed by atoms with Gasteiger partial charge in [0.2, 0.25) is 0 Å². The highest BCUT2D eigenvalue weighted by molar-refractivity contribution is 6.32. The molecule has 0 aliphatic heterocycles. The molecule has 0 aliphatic carbocycles. The molecule has 0 amide bonds. The van der Waals surface area contributed by atoms with Gasteiger partial charge in [-0.05, 0) is 23.6 Å². The van der Waals surface area contributed by atoms with E-state index < -0.39 is 0 Å². The fraction of sp³-hybridized carbons (Fsp3) is 0.600. The summed E-state index contributed by atoms with van der Waals surface area (Å²) < 4.78 is 10.4. The van der Waals surface area contributed by atoms with E-state index in [-0.39, 0.29) is 12.0 Å². The monoisotopic (exact) mass is 301 g/mol. The summed E-state index contributed by atoms with van der Waals surface area (Å²) in [5, 5.41) is 13.6. The minimum absolute atomic E-state index is 0.288. The molecule has 1 rings (SSSR count). The number of ether oxygens (including phenoxy) is 2. The standard InChI is InChI=1S/C15H24ClNO3/c1-5-10(2)13(18)9-17-8-11-6-12(16)15(20-4)14(7-11)19-3/h6-7,10,13,17-18H,5,8-9H2,1-4H3. The predicted molar refractivity (Wildman–Crippen MR) is 81.7 cm³/mol. The molecule has 0 bridgehead atoms. The van der Waals surface area contributed by atoms with Crippen molar-refractivity contribution < 1.29 is 14.6 Å². The molecule has 0 radical (unpaired) electrons. The molecule has 0 aliphatic rings. The maximum Gasteiger partial charge on any atom is 0.179 e. The molecule has 0 spiro atoms. The Labute approximate surface area is 126 Å². The highest BCUT2D eigenvalue weighted by Gasteiger charge is 2.13. The van der Waals surface area contributed by atoms with Gasteiger partial charge < -0.3 is 19.9 Å². The van der Waals surface area contributed by atoms with E-state index in [1.165, 1.54) is 0 Å². The van der Waals surface area contributed by atoms with Crippen molar-refractivity contribution in [2.45, 2.75) is 32.9 Å². The van der Waals surface area contributed by atoms with Gasteiger partial charge in [0.25, 0.3) is 0 Å². The number of aliphatic hydroxyl groups is 1. The van der Waals surface area contributed by atoms with Crippen LogP contribution < -0.4 is 14.8 Å². The van der Waals surface area contributed by atoms with Crippen molar-refractivity contribution in [3.8, 4) is 11.5 Å². The first kappa shape index (κ1) is 17.1. The van der Waals surface area contributed by atoms with Crippen molar-refractivity contribution in [3.05, 3.63) is 22.7 Å². The van der Waals surface area contributed by atoms with Gasteiger partial charge in [-0.15, -0.1) is 0 Å². The van der Waals surface area contributed by atoms with Crippen molar-refractivity contribution in [1.29, 1.82) is 0 Å². The zero-order chi connectivity index (χ0) is 15.1. The molecule has 1 aromatic carbocycles. The number of rotatable bonds is 8. The summed E-state index contributed by atoms with van der Waals surface area (Å²) >= 11 is 6.15. The van der Waals surface area contributed by atoms with Gasteiger partial charge in [-0.25, -0.2) is 0 Å². The van der Waals surface area contributed by atoms with Crippen LogP contribution in [0.2, 0.25) is 5.02 Å². The lowest BCUT2D eigenvalue weighted by Crippen LogP contribution is -2.31. The second-order valence-electron chi connectivity index (χ2n) is 4.90. The Hall–Kier alpha value is -0.970. The number of hydrogen-bond donors (Lipinski definition) is 2. The number of nitrogens with one attached hydrogen (secondary N) is 1. The van der Waals surface area contributed by atoms with Gasteiger partial charge in [-0.2, -0.15) is 0 Å². The van der Waals surface area contributed by atoms with Crippen molar-refractivity contribution in [3.63, 3.8) is 0 Å². The lowest BCUT2D eigenvalue weighted by molar-refractivity contribution is 0.113. The van der Waals surface area contributed by atoms with Crippen LogP contribution in [0, 0.1) is 5.92 Å². The van der Waals surface area contributed by atoms with Crippen LogP contribution in [0.4, 0.5) is 0 Å². The summed E-state index contributed by atoms with van der Waals surface area (Å²) in [7, 11) is 3.14. The molecule has 0 saturated heterocycles. The van der Waals surface area contributed by atoms with E-state index in [4.69, 9.17) is 21.1 Å². The second kappa shape index (κ2) is 8.35. The molecule has 4 nitrogen and oxygen atoms in total. The Balaban J connectivity index is 2.63. The van der Waals surface area contributed by atoms with Gasteiger partial charge in [-0.3, -0.25) is 0 Å². The molecule has 114 valence electrons. The minimum atomic E-state index is -0.337. The van der Waals surface area contributed by atoms with Crippen LogP contribution in [0.25, 0.3) is 0 Å². The van der Waals surface area contributed by atoms with Crippen LogP contribution in [0.3, 0.4) is 0 Å². The van der Waals surface area contributed by atoms with E-state index in [9.17, 15) is 5.11 Å². The third-order valence-corrected chi connectivity index (χ3v) is 3.76. The molecule has 0 aromatic heterocycles. The fourth-order valence-corrected chi connectivity index (χ4v) is 2.22. The molecule has 2 N–H and O–H groups in total. The summed E-state index contributed by atoms with van der Waals surface area (Å²) in [5.41, 5.74) is 0.990. The van der Waals surface area contributed by atoms with E-state index in [0.29, 0.717) is 29.6 Å². The normalized spacial score (nSPS) is 13.9. The molecule has 2 atom stereocenters. The van der Waals surface area contributed by atoms with E-state index in [1.807, 2.05) is 19.1 Å². The molecule has 2 unspecified atom stereocenters. The molecule has 20 heavy (non-hydrogen) atoms. The van der Waals surface area contributed by atoms with Gasteiger partial charge >= 0.3 is 0 Å². The zero-order valence-electron chi connectivity index (χ0n) is 12.6. The molecular weight excluding hydrogens is 278 g/mol. The van der Waals surface area contributed by atoms with Crippen molar-refractivity contribution in [2.75, 3.05) is 20.8 Å². The van der Waals surface area contributed by atoms with Crippen LogP contribution in [-0.4, -0.2) is 32.0 Å². The van der Waals surface area contributed by atoms with E-state index >= 15 is 0 Å². The lowest BCUT2D eigenvalue weighted by Gasteiger charge is -2.18. The Bertz CT molecular complexity index is 426. The van der Waals surface area contributed by atoms with E-state index in [0.717, 1.165) is 12.0 Å². The number of aliphatic hydroxyl groups excluding tert-OH is 1. The zero-order valence-corrected chi connectivity index (χ0v) is 13.3. The summed E-state index contributed by atoms with van der Waals surface area (Å²) in [6.45, 7) is 5.29. The number of halogens is 1. The van der Waals surface area contributed by atoms with Gasteiger partial charge in [0.15, 0.2) is 11.5 Å². The molecular formula is C15H24ClNO3. The van der Waals surface area contributed by atoms with Crippen LogP contribution in [0.5, 0.6) is 11.5 Å². The fourth-order valence-electron chi connectivity index (χ4n) is 1.91. The van der Waals surface area contributed by atoms with Gasteiger partial charge in [0, 0.05) is 13.1 Å². The Kier molecular flexibility index (Phi) is 7.13. The van der Waals surface area contributed by atoms with E-state index in [1.54, 1.807) is 14.2 Å². The molecule has 0 saturated carbocycles. The average molecular weight is 302 g/mol. The lowest BCUT2D eigenvalue weighted by atomic mass is 10.0. The first-order chi connectivity index (χ1) is 9.53. The Morgan fingerprint density at radius 1 is 1.30 bits per heavy atom. The summed E-state index contributed by atoms with van der Waals surface area (Å²) in [6, 6.07) is 3.72. The maximum absolute atomic E-state index is 9.90. The SMILES string of the molecule is CCC(C)C(O)CNCc1cc(Cl)c(OC)c(OC)c1. The number of hydrogen-bond acceptors (Lipinski definition) is 4. The molecule has 1 aromatic rings. The molecule has 0 heterocycles. The van der Waals surface area contributed by atoms with Gasteiger partial charge in [-0.1, -0.05) is 31.9 Å². The largest absolute Gasteiger partial charge is 0.493 e. The third-order valence-electron chi connectivity index (χ3n) is 3.48. The smallest absolute Gasteiger partial charge is 0.179 e. The maximum atomic E-state index is 9.90. The Morgan fingerprint density at radius 3 is 2.55 bits per heavy atom. The molecule has 0 fully saturated rings. The first-order valence-corrected chi connectivity index (χ1v) is 7.20. The quantitative estimate of drug-likeness (QED) is 0.775. The summed E-state index contributed by atoms with van der Waals surface area (Å²) in [4.78, 5) is 0. The first-order valence-electron chi connectivity index (χ1n) is 6.82. The second-order valence-corrected chi connectivity index (χ2v) is 5.30. The van der Waals surface area contributed by atoms with Gasteiger partial charge in [0.05, 0.1) is 25.3 Å². The van der Waals surface area contributed by atoms with E-state index in [2.05, 4.69) is 12.2 Å². The van der Waals surface area contributed by atoms with Crippen LogP contribution in [-0.2, 0) is 6.54 Å². The summed E-state index contributed by atoms with van der Waals surface area (Å²) in [5.74, 6) is 1.44. The van der Waals surface area contributed by atoms with Crippen LogP contribution in [0.15, 0.2) is 12.1 Å². The number of benzene rings is 1. The number of methoxy groups -OCH3 is 2.